The molecule has 0 atom stereocenters. The first-order valence-electron chi connectivity index (χ1n) is 11.0. The van der Waals surface area contributed by atoms with E-state index in [0.717, 1.165) is 35.2 Å². The molecule has 1 saturated heterocycles. The highest BCUT2D eigenvalue weighted by Gasteiger charge is 2.16. The van der Waals surface area contributed by atoms with Crippen molar-refractivity contribution in [2.75, 3.05) is 32.2 Å². The van der Waals surface area contributed by atoms with Crippen molar-refractivity contribution < 1.29 is 4.74 Å². The van der Waals surface area contributed by atoms with Gasteiger partial charge < -0.3 is 15.4 Å². The number of thioether (sulfide) groups is 1. The number of nitrogens with zero attached hydrogens (tertiary/aromatic N) is 4. The largest absolute Gasteiger partial charge is 0.477 e. The third-order valence-corrected chi connectivity index (χ3v) is 6.79. The summed E-state index contributed by atoms with van der Waals surface area (Å²) in [4.78, 5) is 16.9. The summed E-state index contributed by atoms with van der Waals surface area (Å²) < 4.78 is 5.82. The third kappa shape index (κ3) is 8.12. The van der Waals surface area contributed by atoms with Gasteiger partial charge in [0.2, 0.25) is 5.88 Å². The maximum Gasteiger partial charge on any atom is 0.213 e. The number of thiazole rings is 1. The van der Waals surface area contributed by atoms with Crippen LogP contribution in [0.25, 0.3) is 16.3 Å². The van der Waals surface area contributed by atoms with Crippen molar-refractivity contribution in [1.29, 1.82) is 0 Å². The molecule has 172 valence electrons. The summed E-state index contributed by atoms with van der Waals surface area (Å²) >= 11 is 3.07. The van der Waals surface area contributed by atoms with Gasteiger partial charge >= 0.3 is 0 Å². The maximum atomic E-state index is 5.82. The zero-order chi connectivity index (χ0) is 22.4. The molecule has 0 amide bonds. The van der Waals surface area contributed by atoms with Crippen LogP contribution in [0.4, 0.5) is 0 Å². The first-order chi connectivity index (χ1) is 15.8. The Bertz CT molecular complexity index is 846. The number of hydrogen-bond acceptors (Lipinski definition) is 9. The molecule has 1 aliphatic carbocycles. The predicted octanol–water partition coefficient (Wildman–Crippen LogP) is 4.69. The molecule has 0 radical (unpaired) electrons. The SMILES string of the molecule is C1CNCNC1.C=NCS/C=C(\N=C)c1csc(-c2ccc(OCC3CCCC3)nc2)n1. The first-order valence-corrected chi connectivity index (χ1v) is 12.9. The molecular weight excluding hydrogens is 440 g/mol. The molecule has 0 bridgehead atoms. The zero-order valence-corrected chi connectivity index (χ0v) is 20.1. The standard InChI is InChI=1S/C19H22N4OS2.C4H10N2/c1-20-13-25-11-16(21-2)17-12-26-19(23-17)15-7-8-18(22-9-15)24-10-14-5-3-4-6-14;1-2-5-4-6-3-1/h7-9,11-12,14H,1-6,10,13H2;5-6H,1-4H2/b16-11-;. The summed E-state index contributed by atoms with van der Waals surface area (Å²) in [7, 11) is 0. The van der Waals surface area contributed by atoms with E-state index in [0.29, 0.717) is 17.7 Å². The van der Waals surface area contributed by atoms with E-state index in [-0.39, 0.29) is 0 Å². The average Bonchev–Trinajstić information content (AvgIpc) is 3.55. The van der Waals surface area contributed by atoms with Crippen LogP contribution in [0.3, 0.4) is 0 Å². The number of rotatable bonds is 9. The molecule has 9 heteroatoms. The Morgan fingerprint density at radius 2 is 2.03 bits per heavy atom. The molecule has 32 heavy (non-hydrogen) atoms. The van der Waals surface area contributed by atoms with Gasteiger partial charge in [-0.3, -0.25) is 9.98 Å². The molecule has 4 rings (SSSR count). The smallest absolute Gasteiger partial charge is 0.213 e. The van der Waals surface area contributed by atoms with Crippen LogP contribution in [0.1, 0.15) is 37.8 Å². The van der Waals surface area contributed by atoms with Crippen molar-refractivity contribution in [3.05, 3.63) is 34.8 Å². The van der Waals surface area contributed by atoms with Crippen LogP contribution in [-0.2, 0) is 0 Å². The third-order valence-electron chi connectivity index (χ3n) is 5.18. The average molecular weight is 473 g/mol. The van der Waals surface area contributed by atoms with Gasteiger partial charge in [0.15, 0.2) is 0 Å². The van der Waals surface area contributed by atoms with Crippen LogP contribution in [-0.4, -0.2) is 55.6 Å². The molecule has 2 N–H and O–H groups in total. The Morgan fingerprint density at radius 1 is 1.22 bits per heavy atom. The van der Waals surface area contributed by atoms with Gasteiger partial charge in [-0.2, -0.15) is 0 Å². The second kappa shape index (κ2) is 14.2. The van der Waals surface area contributed by atoms with Crippen molar-refractivity contribution in [3.8, 4) is 16.5 Å². The molecule has 1 saturated carbocycles. The lowest BCUT2D eigenvalue weighted by molar-refractivity contribution is 0.243. The minimum absolute atomic E-state index is 0.586. The van der Waals surface area contributed by atoms with Crippen LogP contribution in [0.2, 0.25) is 0 Å². The molecule has 2 aromatic rings. The van der Waals surface area contributed by atoms with Crippen LogP contribution in [0, 0.1) is 5.92 Å². The van der Waals surface area contributed by atoms with Gasteiger partial charge in [0.1, 0.15) is 10.7 Å². The summed E-state index contributed by atoms with van der Waals surface area (Å²) in [6, 6.07) is 3.92. The molecule has 0 unspecified atom stereocenters. The van der Waals surface area contributed by atoms with Crippen LogP contribution >= 0.6 is 23.1 Å². The fraction of sp³-hybridized carbons (Fsp3) is 0.478. The molecule has 2 aliphatic rings. The lowest BCUT2D eigenvalue weighted by Gasteiger charge is -2.11. The van der Waals surface area contributed by atoms with Gasteiger partial charge in [-0.1, -0.05) is 12.8 Å². The van der Waals surface area contributed by atoms with Crippen molar-refractivity contribution in [1.82, 2.24) is 20.6 Å². The monoisotopic (exact) mass is 472 g/mol. The normalized spacial score (nSPS) is 16.8. The Labute approximate surface area is 198 Å². The number of pyridine rings is 1. The fourth-order valence-corrected chi connectivity index (χ4v) is 4.79. The highest BCUT2D eigenvalue weighted by Crippen LogP contribution is 2.29. The van der Waals surface area contributed by atoms with Crippen molar-refractivity contribution >= 4 is 42.2 Å². The quantitative estimate of drug-likeness (QED) is 0.407. The lowest BCUT2D eigenvalue weighted by Crippen LogP contribution is -2.37. The topological polar surface area (TPSA) is 83.8 Å². The van der Waals surface area contributed by atoms with Crippen LogP contribution in [0.5, 0.6) is 5.88 Å². The van der Waals surface area contributed by atoms with E-state index in [9.17, 15) is 0 Å². The van der Waals surface area contributed by atoms with Gasteiger partial charge in [0, 0.05) is 35.3 Å². The van der Waals surface area contributed by atoms with E-state index in [2.05, 4.69) is 44.0 Å². The van der Waals surface area contributed by atoms with Gasteiger partial charge in [0.25, 0.3) is 0 Å². The molecule has 0 aromatic carbocycles. The van der Waals surface area contributed by atoms with E-state index in [1.54, 1.807) is 11.3 Å². The molecule has 3 heterocycles. The number of aromatic nitrogens is 2. The minimum Gasteiger partial charge on any atom is -0.477 e. The summed E-state index contributed by atoms with van der Waals surface area (Å²) in [5.74, 6) is 1.95. The summed E-state index contributed by atoms with van der Waals surface area (Å²) in [6.07, 6.45) is 8.28. The van der Waals surface area contributed by atoms with Gasteiger partial charge in [-0.15, -0.1) is 23.1 Å². The van der Waals surface area contributed by atoms with Crippen LogP contribution < -0.4 is 15.4 Å². The molecule has 1 aliphatic heterocycles. The van der Waals surface area contributed by atoms with E-state index < -0.39 is 0 Å². The number of nitrogens with one attached hydrogen (secondary N) is 2. The van der Waals surface area contributed by atoms with E-state index in [1.807, 2.05) is 29.1 Å². The predicted molar refractivity (Wildman–Crippen MR) is 138 cm³/mol. The second-order valence-electron chi connectivity index (χ2n) is 7.60. The number of ether oxygens (including phenoxy) is 1. The van der Waals surface area contributed by atoms with Crippen LogP contribution in [0.15, 0.2) is 39.1 Å². The summed E-state index contributed by atoms with van der Waals surface area (Å²) in [6.45, 7) is 11.2. The highest BCUT2D eigenvalue weighted by atomic mass is 32.2. The van der Waals surface area contributed by atoms with E-state index in [4.69, 9.17) is 4.74 Å². The second-order valence-corrected chi connectivity index (χ2v) is 9.28. The molecule has 7 nitrogen and oxygen atoms in total. The Kier molecular flexibility index (Phi) is 10.9. The number of aliphatic imine (C=N–C) groups is 2. The van der Waals surface area contributed by atoms with E-state index >= 15 is 0 Å². The van der Waals surface area contributed by atoms with Gasteiger partial charge in [0.05, 0.1) is 18.2 Å². The number of hydrogen-bond donors (Lipinski definition) is 2. The summed E-state index contributed by atoms with van der Waals surface area (Å²) in [5, 5.41) is 11.1. The van der Waals surface area contributed by atoms with Gasteiger partial charge in [-0.25, -0.2) is 9.97 Å². The molecular formula is C23H32N6OS2. The molecule has 2 fully saturated rings. The molecule has 0 spiro atoms. The van der Waals surface area contributed by atoms with Crippen molar-refractivity contribution in [2.45, 2.75) is 32.1 Å². The maximum absolute atomic E-state index is 5.82. The Morgan fingerprint density at radius 3 is 2.62 bits per heavy atom. The summed E-state index contributed by atoms with van der Waals surface area (Å²) in [5.41, 5.74) is 2.52. The first kappa shape index (κ1) is 24.6. The zero-order valence-electron chi connectivity index (χ0n) is 18.5. The minimum atomic E-state index is 0.586. The Balaban J connectivity index is 0.000000416. The molecule has 2 aromatic heterocycles. The van der Waals surface area contributed by atoms with Crippen molar-refractivity contribution in [3.63, 3.8) is 0 Å². The van der Waals surface area contributed by atoms with Crippen molar-refractivity contribution in [2.24, 2.45) is 15.9 Å². The lowest BCUT2D eigenvalue weighted by atomic mass is 10.1. The highest BCUT2D eigenvalue weighted by molar-refractivity contribution is 8.02. The van der Waals surface area contributed by atoms with E-state index in [1.165, 1.54) is 57.0 Å². The fourth-order valence-electron chi connectivity index (χ4n) is 3.45. The van der Waals surface area contributed by atoms with Gasteiger partial charge in [-0.05, 0) is 57.8 Å². The Hall–Kier alpha value is -2.07.